The van der Waals surface area contributed by atoms with E-state index >= 15 is 0 Å². The van der Waals surface area contributed by atoms with Gasteiger partial charge in [-0.05, 0) is 37.5 Å². The lowest BCUT2D eigenvalue weighted by Crippen LogP contribution is -2.43. The summed E-state index contributed by atoms with van der Waals surface area (Å²) in [5.74, 6) is 0. The van der Waals surface area contributed by atoms with Gasteiger partial charge in [-0.15, -0.1) is 0 Å². The first kappa shape index (κ1) is 14.4. The SMILES string of the molecule is COC1CCN(c2cc(Br)ccc2CBr)C(C)C1. The third-order valence-electron chi connectivity index (χ3n) is 3.66. The number of halogens is 2. The van der Waals surface area contributed by atoms with Crippen molar-refractivity contribution in [1.29, 1.82) is 0 Å². The molecule has 0 radical (unpaired) electrons. The van der Waals surface area contributed by atoms with Crippen molar-refractivity contribution in [1.82, 2.24) is 0 Å². The molecule has 1 heterocycles. The van der Waals surface area contributed by atoms with Gasteiger partial charge in [0.25, 0.3) is 0 Å². The van der Waals surface area contributed by atoms with Crippen molar-refractivity contribution in [3.05, 3.63) is 28.2 Å². The van der Waals surface area contributed by atoms with E-state index in [1.54, 1.807) is 0 Å². The number of rotatable bonds is 3. The number of ether oxygens (including phenoxy) is 1. The summed E-state index contributed by atoms with van der Waals surface area (Å²) in [6.45, 7) is 3.35. The number of hydrogen-bond donors (Lipinski definition) is 0. The molecule has 2 rings (SSSR count). The normalized spacial score (nSPS) is 24.3. The second-order valence-corrected chi connectivity index (χ2v) is 6.31. The third kappa shape index (κ3) is 3.09. The van der Waals surface area contributed by atoms with E-state index in [0.717, 1.165) is 29.2 Å². The van der Waals surface area contributed by atoms with E-state index in [9.17, 15) is 0 Å². The monoisotopic (exact) mass is 375 g/mol. The van der Waals surface area contributed by atoms with Crippen LogP contribution in [0, 0.1) is 0 Å². The molecule has 1 saturated heterocycles. The van der Waals surface area contributed by atoms with Crippen LogP contribution in [0.3, 0.4) is 0 Å². The molecular weight excluding hydrogens is 358 g/mol. The van der Waals surface area contributed by atoms with Crippen LogP contribution < -0.4 is 4.90 Å². The lowest BCUT2D eigenvalue weighted by molar-refractivity contribution is 0.0721. The Morgan fingerprint density at radius 3 is 2.83 bits per heavy atom. The Hall–Kier alpha value is -0.0600. The molecule has 2 nitrogen and oxygen atoms in total. The Morgan fingerprint density at radius 2 is 2.22 bits per heavy atom. The fourth-order valence-electron chi connectivity index (χ4n) is 2.62. The van der Waals surface area contributed by atoms with Gasteiger partial charge in [0.15, 0.2) is 0 Å². The lowest BCUT2D eigenvalue weighted by atomic mass is 9.99. The largest absolute Gasteiger partial charge is 0.381 e. The number of benzene rings is 1. The molecule has 18 heavy (non-hydrogen) atoms. The van der Waals surface area contributed by atoms with Crippen LogP contribution >= 0.6 is 31.9 Å². The maximum absolute atomic E-state index is 5.48. The van der Waals surface area contributed by atoms with E-state index in [0.29, 0.717) is 12.1 Å². The van der Waals surface area contributed by atoms with Crippen LogP contribution in [-0.2, 0) is 10.1 Å². The molecule has 0 aliphatic carbocycles. The third-order valence-corrected chi connectivity index (χ3v) is 4.76. The summed E-state index contributed by atoms with van der Waals surface area (Å²) >= 11 is 7.15. The molecule has 0 saturated carbocycles. The van der Waals surface area contributed by atoms with E-state index in [2.05, 4.69) is 61.9 Å². The summed E-state index contributed by atoms with van der Waals surface area (Å²) in [6, 6.07) is 7.03. The number of anilines is 1. The quantitative estimate of drug-likeness (QED) is 0.727. The molecule has 0 N–H and O–H groups in total. The average Bonchev–Trinajstić information content (AvgIpc) is 2.38. The first-order chi connectivity index (χ1) is 8.65. The van der Waals surface area contributed by atoms with Gasteiger partial charge in [-0.25, -0.2) is 0 Å². The first-order valence-electron chi connectivity index (χ1n) is 6.29. The number of nitrogens with zero attached hydrogens (tertiary/aromatic N) is 1. The van der Waals surface area contributed by atoms with Crippen LogP contribution in [0.5, 0.6) is 0 Å². The Kier molecular flexibility index (Phi) is 5.10. The molecule has 0 aromatic heterocycles. The zero-order valence-electron chi connectivity index (χ0n) is 10.8. The number of piperidine rings is 1. The van der Waals surface area contributed by atoms with E-state index in [4.69, 9.17) is 4.74 Å². The van der Waals surface area contributed by atoms with Gasteiger partial charge in [-0.1, -0.05) is 37.9 Å². The van der Waals surface area contributed by atoms with Crippen molar-refractivity contribution in [2.75, 3.05) is 18.6 Å². The molecular formula is C14H19Br2NO. The fraction of sp³-hybridized carbons (Fsp3) is 0.571. The highest BCUT2D eigenvalue weighted by Gasteiger charge is 2.26. The maximum atomic E-state index is 5.48. The van der Waals surface area contributed by atoms with Crippen molar-refractivity contribution >= 4 is 37.5 Å². The van der Waals surface area contributed by atoms with Gasteiger partial charge in [0, 0.05) is 35.2 Å². The molecule has 0 bridgehead atoms. The van der Waals surface area contributed by atoms with E-state index in [1.807, 2.05) is 7.11 Å². The van der Waals surface area contributed by atoms with Gasteiger partial charge in [-0.2, -0.15) is 0 Å². The van der Waals surface area contributed by atoms with Crippen LogP contribution in [0.2, 0.25) is 0 Å². The Balaban J connectivity index is 2.23. The van der Waals surface area contributed by atoms with E-state index in [1.165, 1.54) is 11.3 Å². The molecule has 1 aromatic carbocycles. The molecule has 100 valence electrons. The highest BCUT2D eigenvalue weighted by atomic mass is 79.9. The lowest BCUT2D eigenvalue weighted by Gasteiger charge is -2.39. The van der Waals surface area contributed by atoms with E-state index in [-0.39, 0.29) is 0 Å². The summed E-state index contributed by atoms with van der Waals surface area (Å²) in [7, 11) is 1.82. The van der Waals surface area contributed by atoms with Gasteiger partial charge >= 0.3 is 0 Å². The second kappa shape index (κ2) is 6.40. The molecule has 0 spiro atoms. The van der Waals surface area contributed by atoms with Gasteiger partial charge in [0.1, 0.15) is 0 Å². The topological polar surface area (TPSA) is 12.5 Å². The minimum Gasteiger partial charge on any atom is -0.381 e. The van der Waals surface area contributed by atoms with Crippen LogP contribution in [0.15, 0.2) is 22.7 Å². The van der Waals surface area contributed by atoms with Crippen molar-refractivity contribution in [2.45, 2.75) is 37.2 Å². The van der Waals surface area contributed by atoms with Gasteiger partial charge in [0.05, 0.1) is 6.10 Å². The highest BCUT2D eigenvalue weighted by Crippen LogP contribution is 2.32. The Morgan fingerprint density at radius 1 is 1.44 bits per heavy atom. The Labute approximate surface area is 126 Å². The molecule has 0 amide bonds. The van der Waals surface area contributed by atoms with Crippen LogP contribution in [0.4, 0.5) is 5.69 Å². The summed E-state index contributed by atoms with van der Waals surface area (Å²) < 4.78 is 6.62. The molecule has 4 heteroatoms. The summed E-state index contributed by atoms with van der Waals surface area (Å²) in [5, 5.41) is 0.895. The number of methoxy groups -OCH3 is 1. The summed E-state index contributed by atoms with van der Waals surface area (Å²) in [5.41, 5.74) is 2.68. The molecule has 1 aromatic rings. The van der Waals surface area contributed by atoms with Gasteiger partial charge in [0.2, 0.25) is 0 Å². The standard InChI is InChI=1S/C14H19Br2NO/c1-10-7-13(18-2)5-6-17(10)14-8-12(16)4-3-11(14)9-15/h3-4,8,10,13H,5-7,9H2,1-2H3. The molecule has 1 fully saturated rings. The number of alkyl halides is 1. The Bertz CT molecular complexity index is 411. The minimum absolute atomic E-state index is 0.413. The second-order valence-electron chi connectivity index (χ2n) is 4.83. The van der Waals surface area contributed by atoms with Gasteiger partial charge in [-0.3, -0.25) is 0 Å². The van der Waals surface area contributed by atoms with Gasteiger partial charge < -0.3 is 9.64 Å². The molecule has 1 aliphatic heterocycles. The predicted molar refractivity (Wildman–Crippen MR) is 83.6 cm³/mol. The van der Waals surface area contributed by atoms with Crippen molar-refractivity contribution in [3.63, 3.8) is 0 Å². The average molecular weight is 377 g/mol. The van der Waals surface area contributed by atoms with Crippen molar-refractivity contribution < 1.29 is 4.74 Å². The molecule has 2 atom stereocenters. The smallest absolute Gasteiger partial charge is 0.0607 e. The highest BCUT2D eigenvalue weighted by molar-refractivity contribution is 9.10. The molecule has 1 aliphatic rings. The van der Waals surface area contributed by atoms with Crippen LogP contribution in [0.1, 0.15) is 25.3 Å². The van der Waals surface area contributed by atoms with Crippen LogP contribution in [0.25, 0.3) is 0 Å². The van der Waals surface area contributed by atoms with Crippen molar-refractivity contribution in [3.8, 4) is 0 Å². The maximum Gasteiger partial charge on any atom is 0.0607 e. The predicted octanol–water partition coefficient (Wildman–Crippen LogP) is 4.35. The number of hydrogen-bond acceptors (Lipinski definition) is 2. The minimum atomic E-state index is 0.413. The van der Waals surface area contributed by atoms with E-state index < -0.39 is 0 Å². The summed E-state index contributed by atoms with van der Waals surface area (Å²) in [6.07, 6.45) is 2.62. The van der Waals surface area contributed by atoms with Crippen molar-refractivity contribution in [2.24, 2.45) is 0 Å². The fourth-order valence-corrected chi connectivity index (χ4v) is 3.44. The molecule has 2 unspecified atom stereocenters. The zero-order valence-corrected chi connectivity index (χ0v) is 14.0. The first-order valence-corrected chi connectivity index (χ1v) is 8.21. The van der Waals surface area contributed by atoms with Crippen LogP contribution in [-0.4, -0.2) is 25.8 Å². The zero-order chi connectivity index (χ0) is 13.1. The summed E-state index contributed by atoms with van der Waals surface area (Å²) in [4.78, 5) is 2.50.